The molecule has 1 aromatic heterocycles. The molecule has 1 rings (SSSR count). The van der Waals surface area contributed by atoms with Crippen molar-refractivity contribution in [2.45, 2.75) is 38.2 Å². The summed E-state index contributed by atoms with van der Waals surface area (Å²) in [6.45, 7) is 6.84. The van der Waals surface area contributed by atoms with Crippen LogP contribution in [0.5, 0.6) is 0 Å². The fraction of sp³-hybridized carbons (Fsp3) is 0.667. The van der Waals surface area contributed by atoms with Crippen molar-refractivity contribution in [1.29, 1.82) is 0 Å². The van der Waals surface area contributed by atoms with E-state index < -0.39 is 10.0 Å². The van der Waals surface area contributed by atoms with Gasteiger partial charge in [0.15, 0.2) is 0 Å². The molecule has 6 heteroatoms. The Morgan fingerprint density at radius 1 is 1.39 bits per heavy atom. The molecule has 104 valence electrons. The number of hydrogen-bond donors (Lipinski definition) is 0. The molecule has 1 heterocycles. The number of furan rings is 1. The highest BCUT2D eigenvalue weighted by Gasteiger charge is 2.27. The molecule has 4 nitrogen and oxygen atoms in total. The van der Waals surface area contributed by atoms with Crippen molar-refractivity contribution in [1.82, 2.24) is 4.31 Å². The van der Waals surface area contributed by atoms with Crippen LogP contribution < -0.4 is 0 Å². The maximum Gasteiger partial charge on any atom is 0.276 e. The van der Waals surface area contributed by atoms with Gasteiger partial charge in [-0.3, -0.25) is 0 Å². The van der Waals surface area contributed by atoms with Gasteiger partial charge in [-0.05, 0) is 18.1 Å². The lowest BCUT2D eigenvalue weighted by Gasteiger charge is -2.22. The molecule has 0 radical (unpaired) electrons. The summed E-state index contributed by atoms with van der Waals surface area (Å²) in [6.07, 6.45) is 0.942. The van der Waals surface area contributed by atoms with Gasteiger partial charge in [0, 0.05) is 13.1 Å². The van der Waals surface area contributed by atoms with Gasteiger partial charge in [-0.15, -0.1) is 11.6 Å². The van der Waals surface area contributed by atoms with Crippen LogP contribution in [0.4, 0.5) is 0 Å². The van der Waals surface area contributed by atoms with E-state index in [2.05, 4.69) is 0 Å². The zero-order valence-electron chi connectivity index (χ0n) is 11.0. The van der Waals surface area contributed by atoms with E-state index in [1.165, 1.54) is 10.4 Å². The molecule has 1 aromatic rings. The molecule has 0 fully saturated rings. The highest BCUT2D eigenvalue weighted by atomic mass is 35.5. The van der Waals surface area contributed by atoms with Crippen LogP contribution in [0.2, 0.25) is 0 Å². The number of hydrogen-bond acceptors (Lipinski definition) is 3. The van der Waals surface area contributed by atoms with E-state index in [-0.39, 0.29) is 11.0 Å². The average Bonchev–Trinajstić information content (AvgIpc) is 2.84. The van der Waals surface area contributed by atoms with Gasteiger partial charge in [-0.2, -0.15) is 4.31 Å². The van der Waals surface area contributed by atoms with Crippen molar-refractivity contribution >= 4 is 21.6 Å². The van der Waals surface area contributed by atoms with Gasteiger partial charge in [0.05, 0.1) is 5.88 Å². The van der Waals surface area contributed by atoms with Crippen molar-refractivity contribution in [3.8, 4) is 0 Å². The molecule has 0 amide bonds. The molecule has 0 aromatic carbocycles. The fourth-order valence-electron chi connectivity index (χ4n) is 1.57. The Morgan fingerprint density at radius 3 is 2.50 bits per heavy atom. The second-order valence-corrected chi connectivity index (χ2v) is 6.46. The third kappa shape index (κ3) is 3.49. The SMILES string of the molecule is CCC(C)CN(CC)S(=O)(=O)c1ccc(CCl)o1. The largest absolute Gasteiger partial charge is 0.447 e. The Hall–Kier alpha value is -0.520. The van der Waals surface area contributed by atoms with Crippen LogP contribution in [0.3, 0.4) is 0 Å². The monoisotopic (exact) mass is 293 g/mol. The Balaban J connectivity index is 2.95. The summed E-state index contributed by atoms with van der Waals surface area (Å²) in [5.41, 5.74) is 0. The van der Waals surface area contributed by atoms with E-state index in [4.69, 9.17) is 16.0 Å². The highest BCUT2D eigenvalue weighted by Crippen LogP contribution is 2.21. The van der Waals surface area contributed by atoms with Crippen LogP contribution in [0.25, 0.3) is 0 Å². The van der Waals surface area contributed by atoms with E-state index in [0.717, 1.165) is 6.42 Å². The maximum atomic E-state index is 12.3. The molecule has 0 bridgehead atoms. The van der Waals surface area contributed by atoms with Gasteiger partial charge in [0.25, 0.3) is 10.0 Å². The van der Waals surface area contributed by atoms with Gasteiger partial charge in [-0.1, -0.05) is 27.2 Å². The first-order chi connectivity index (χ1) is 8.45. The highest BCUT2D eigenvalue weighted by molar-refractivity contribution is 7.89. The van der Waals surface area contributed by atoms with Crippen LogP contribution in [0.1, 0.15) is 33.0 Å². The summed E-state index contributed by atoms with van der Waals surface area (Å²) >= 11 is 5.61. The molecule has 0 saturated carbocycles. The Bertz CT molecular complexity index is 469. The number of nitrogens with zero attached hydrogens (tertiary/aromatic N) is 1. The topological polar surface area (TPSA) is 50.5 Å². The number of rotatable bonds is 7. The molecule has 1 unspecified atom stereocenters. The van der Waals surface area contributed by atoms with Gasteiger partial charge < -0.3 is 4.42 Å². The van der Waals surface area contributed by atoms with Crippen LogP contribution in [-0.4, -0.2) is 25.8 Å². The molecule has 0 aliphatic rings. The zero-order valence-corrected chi connectivity index (χ0v) is 12.6. The number of halogens is 1. The first-order valence-electron chi connectivity index (χ1n) is 6.10. The van der Waals surface area contributed by atoms with Crippen molar-refractivity contribution in [2.75, 3.05) is 13.1 Å². The first-order valence-corrected chi connectivity index (χ1v) is 8.07. The van der Waals surface area contributed by atoms with Gasteiger partial charge in [-0.25, -0.2) is 8.42 Å². The first kappa shape index (κ1) is 15.5. The van der Waals surface area contributed by atoms with Gasteiger partial charge in [0.2, 0.25) is 5.09 Å². The molecule has 0 spiro atoms. The summed E-state index contributed by atoms with van der Waals surface area (Å²) in [5.74, 6) is 0.963. The van der Waals surface area contributed by atoms with Gasteiger partial charge in [0.1, 0.15) is 5.76 Å². The average molecular weight is 294 g/mol. The van der Waals surface area contributed by atoms with E-state index >= 15 is 0 Å². The van der Waals surface area contributed by atoms with E-state index in [1.54, 1.807) is 6.07 Å². The molecule has 0 N–H and O–H groups in total. The predicted molar refractivity (Wildman–Crippen MR) is 72.2 cm³/mol. The molecular weight excluding hydrogens is 274 g/mol. The molecular formula is C12H20ClNO3S. The molecule has 0 aliphatic heterocycles. The Kier molecular flexibility index (Phi) is 5.69. The molecule has 1 atom stereocenters. The maximum absolute atomic E-state index is 12.3. The lowest BCUT2D eigenvalue weighted by molar-refractivity contribution is 0.342. The quantitative estimate of drug-likeness (QED) is 0.726. The van der Waals surface area contributed by atoms with Crippen molar-refractivity contribution in [2.24, 2.45) is 5.92 Å². The fourth-order valence-corrected chi connectivity index (χ4v) is 3.21. The van der Waals surface area contributed by atoms with E-state index in [1.807, 2.05) is 20.8 Å². The minimum atomic E-state index is -3.54. The minimum absolute atomic E-state index is 0.0247. The van der Waals surface area contributed by atoms with Crippen molar-refractivity contribution in [3.63, 3.8) is 0 Å². The molecule has 18 heavy (non-hydrogen) atoms. The molecule has 0 saturated heterocycles. The third-order valence-corrected chi connectivity index (χ3v) is 5.01. The summed E-state index contributed by atoms with van der Waals surface area (Å²) < 4.78 is 31.3. The Labute approximate surface area is 114 Å². The van der Waals surface area contributed by atoms with Gasteiger partial charge >= 0.3 is 0 Å². The third-order valence-electron chi connectivity index (χ3n) is 2.93. The summed E-state index contributed by atoms with van der Waals surface area (Å²) in [6, 6.07) is 3.06. The lowest BCUT2D eigenvalue weighted by atomic mass is 10.1. The van der Waals surface area contributed by atoms with Crippen LogP contribution >= 0.6 is 11.6 Å². The summed E-state index contributed by atoms with van der Waals surface area (Å²) in [4.78, 5) is 0. The number of alkyl halides is 1. The summed E-state index contributed by atoms with van der Waals surface area (Å²) in [7, 11) is -3.54. The standard InChI is InChI=1S/C12H20ClNO3S/c1-4-10(3)9-14(5-2)18(15,16)12-7-6-11(8-13)17-12/h6-7,10H,4-5,8-9H2,1-3H3. The predicted octanol–water partition coefficient (Wildman–Crippen LogP) is 3.08. The number of sulfonamides is 1. The Morgan fingerprint density at radius 2 is 2.06 bits per heavy atom. The second-order valence-electron chi connectivity index (χ2n) is 4.32. The second kappa shape index (κ2) is 6.59. The zero-order chi connectivity index (χ0) is 13.8. The smallest absolute Gasteiger partial charge is 0.276 e. The summed E-state index contributed by atoms with van der Waals surface area (Å²) in [5, 5.41) is -0.0247. The van der Waals surface area contributed by atoms with Crippen LogP contribution in [-0.2, 0) is 15.9 Å². The minimum Gasteiger partial charge on any atom is -0.447 e. The lowest BCUT2D eigenvalue weighted by Crippen LogP contribution is -2.34. The van der Waals surface area contributed by atoms with Crippen LogP contribution in [0.15, 0.2) is 21.6 Å². The normalized spacial score (nSPS) is 14.1. The van der Waals surface area contributed by atoms with Crippen LogP contribution in [0, 0.1) is 5.92 Å². The van der Waals surface area contributed by atoms with E-state index in [0.29, 0.717) is 24.8 Å². The van der Waals surface area contributed by atoms with Crippen molar-refractivity contribution in [3.05, 3.63) is 17.9 Å². The van der Waals surface area contributed by atoms with Crippen molar-refractivity contribution < 1.29 is 12.8 Å². The van der Waals surface area contributed by atoms with E-state index in [9.17, 15) is 8.42 Å². The molecule has 0 aliphatic carbocycles.